The molecule has 2 saturated carbocycles. The molecule has 4 aliphatic rings. The van der Waals surface area contributed by atoms with E-state index in [-0.39, 0.29) is 74.0 Å². The molecule has 0 spiro atoms. The van der Waals surface area contributed by atoms with Crippen LogP contribution in [0.4, 0.5) is 15.1 Å². The number of carbonyl (C=O) groups excluding carboxylic acids is 5. The summed E-state index contributed by atoms with van der Waals surface area (Å²) in [5.41, 5.74) is 3.16. The molecule has 3 aromatic heterocycles. The van der Waals surface area contributed by atoms with Gasteiger partial charge in [0.2, 0.25) is 29.6 Å². The van der Waals surface area contributed by atoms with Crippen molar-refractivity contribution in [2.24, 2.45) is 13.0 Å². The molecule has 1 atom stereocenters. The van der Waals surface area contributed by atoms with Crippen LogP contribution in [0.2, 0.25) is 0 Å². The first-order chi connectivity index (χ1) is 28.9. The average Bonchev–Trinajstić information content (AvgIpc) is 3.73. The second-order valence-electron chi connectivity index (χ2n) is 16.0. The van der Waals surface area contributed by atoms with Gasteiger partial charge in [-0.05, 0) is 82.2 Å². The molecule has 0 radical (unpaired) electrons. The van der Waals surface area contributed by atoms with Crippen LogP contribution in [0.3, 0.4) is 0 Å². The number of rotatable bonds is 19. The quantitative estimate of drug-likeness (QED) is 0.0756. The van der Waals surface area contributed by atoms with E-state index in [1.165, 1.54) is 27.3 Å². The van der Waals surface area contributed by atoms with Crippen molar-refractivity contribution in [3.63, 3.8) is 0 Å². The highest BCUT2D eigenvalue weighted by molar-refractivity contribution is 7.10. The van der Waals surface area contributed by atoms with Gasteiger partial charge in [0.15, 0.2) is 5.82 Å². The van der Waals surface area contributed by atoms with Gasteiger partial charge in [0.05, 0.1) is 31.0 Å². The largest absolute Gasteiger partial charge is 0.465 e. The Morgan fingerprint density at radius 2 is 1.77 bits per heavy atom. The lowest BCUT2D eigenvalue weighted by molar-refractivity contribution is -0.137. The van der Waals surface area contributed by atoms with E-state index in [0.717, 1.165) is 48.2 Å². The number of fused-ring (bicyclic) bond motifs is 1. The van der Waals surface area contributed by atoms with Crippen molar-refractivity contribution >= 4 is 52.9 Å². The summed E-state index contributed by atoms with van der Waals surface area (Å²) in [6.07, 6.45) is 9.91. The molecule has 2 aliphatic carbocycles. The van der Waals surface area contributed by atoms with Gasteiger partial charge in [-0.1, -0.05) is 6.42 Å². The number of halogens is 1. The Hall–Kier alpha value is -5.50. The fourth-order valence-electron chi connectivity index (χ4n) is 8.18. The molecule has 0 bridgehead atoms. The van der Waals surface area contributed by atoms with Crippen LogP contribution in [-0.2, 0) is 45.7 Å². The summed E-state index contributed by atoms with van der Waals surface area (Å²) in [6, 6.07) is -1.03. The standard InChI is InChI=1S/C40H52FN11O7S/c1-50-31(15-23-5-6-23)26(16-46-50)36-29(41)17-45-39(49-36)47-24-7-9-25(10-8-24)51(40(58)59)21-35(55)43-14-4-2-3-13-42-19-34(54)44-18-32-27-20-52(38(57)28(27)22-60-32)30-11-12-33(53)48-37(30)56/h16-17,22-25,30,42H,2-15,18-21H2,1H3,(H,43,55)(H,44,54)(H,58,59)(H,45,47,49)(H,48,53,56). The maximum atomic E-state index is 14.9. The van der Waals surface area contributed by atoms with E-state index in [1.807, 2.05) is 7.05 Å². The number of aryl methyl sites for hydroxylation is 1. The molecule has 5 heterocycles. The Kier molecular flexibility index (Phi) is 13.7. The average molecular weight is 850 g/mol. The van der Waals surface area contributed by atoms with Crippen molar-refractivity contribution in [3.05, 3.63) is 45.3 Å². The number of hydrogen-bond donors (Lipinski definition) is 6. The van der Waals surface area contributed by atoms with E-state index in [4.69, 9.17) is 0 Å². The predicted molar refractivity (Wildman–Crippen MR) is 217 cm³/mol. The monoisotopic (exact) mass is 849 g/mol. The number of imide groups is 1. The third-order valence-electron chi connectivity index (χ3n) is 11.7. The lowest BCUT2D eigenvalue weighted by Crippen LogP contribution is -2.52. The predicted octanol–water partition coefficient (Wildman–Crippen LogP) is 2.69. The summed E-state index contributed by atoms with van der Waals surface area (Å²) >= 11 is 1.39. The number of unbranched alkanes of at least 4 members (excludes halogenated alkanes) is 2. The summed E-state index contributed by atoms with van der Waals surface area (Å²) in [5.74, 6) is -1.21. The fourth-order valence-corrected chi connectivity index (χ4v) is 9.15. The number of carboxylic acid groups (broad SMARTS) is 1. The number of amides is 6. The summed E-state index contributed by atoms with van der Waals surface area (Å²) in [5, 5.41) is 30.5. The lowest BCUT2D eigenvalue weighted by atomic mass is 9.90. The highest BCUT2D eigenvalue weighted by atomic mass is 32.1. The molecule has 7 rings (SSSR count). The van der Waals surface area contributed by atoms with Crippen molar-refractivity contribution in [2.75, 3.05) is 31.5 Å². The Labute approximate surface area is 350 Å². The molecule has 1 unspecified atom stereocenters. The number of aromatic nitrogens is 4. The van der Waals surface area contributed by atoms with Crippen LogP contribution < -0.4 is 26.6 Å². The van der Waals surface area contributed by atoms with Gasteiger partial charge in [-0.3, -0.25) is 38.9 Å². The molecular weight excluding hydrogens is 798 g/mol. The molecule has 1 saturated heterocycles. The number of hydrogen-bond acceptors (Lipinski definition) is 12. The number of nitrogens with zero attached hydrogens (tertiary/aromatic N) is 6. The first kappa shape index (κ1) is 42.6. The number of nitrogens with one attached hydrogen (secondary N) is 5. The zero-order chi connectivity index (χ0) is 42.3. The smallest absolute Gasteiger partial charge is 0.408 e. The number of piperidine rings is 1. The maximum absolute atomic E-state index is 14.9. The van der Waals surface area contributed by atoms with Gasteiger partial charge in [0.25, 0.3) is 5.91 Å². The van der Waals surface area contributed by atoms with Gasteiger partial charge < -0.3 is 31.3 Å². The second-order valence-corrected chi connectivity index (χ2v) is 17.0. The lowest BCUT2D eigenvalue weighted by Gasteiger charge is -2.35. The van der Waals surface area contributed by atoms with Gasteiger partial charge >= 0.3 is 6.09 Å². The van der Waals surface area contributed by atoms with Crippen LogP contribution in [0, 0.1) is 11.7 Å². The normalized spacial score (nSPS) is 20.1. The van der Waals surface area contributed by atoms with Crippen LogP contribution in [0.15, 0.2) is 17.8 Å². The first-order valence-corrected chi connectivity index (χ1v) is 21.6. The van der Waals surface area contributed by atoms with Crippen molar-refractivity contribution in [2.45, 2.75) is 108 Å². The number of carbonyl (C=O) groups is 6. The summed E-state index contributed by atoms with van der Waals surface area (Å²) in [7, 11) is 1.85. The molecule has 20 heteroatoms. The van der Waals surface area contributed by atoms with Gasteiger partial charge in [0.1, 0.15) is 18.3 Å². The molecule has 2 aliphatic heterocycles. The SMILES string of the molecule is Cn1ncc(-c2nc(NC3CCC(N(CC(=O)NCCCCCNCC(=O)NCc4scc5c4CN(C4CCC(=O)NC4=O)C5=O)C(=O)O)CC3)ncc2F)c1CC1CC1. The minimum atomic E-state index is -1.15. The van der Waals surface area contributed by atoms with Gasteiger partial charge in [-0.15, -0.1) is 11.3 Å². The summed E-state index contributed by atoms with van der Waals surface area (Å²) in [6.45, 7) is 1.38. The van der Waals surface area contributed by atoms with E-state index < -0.39 is 23.9 Å². The molecule has 18 nitrogen and oxygen atoms in total. The molecule has 0 aromatic carbocycles. The van der Waals surface area contributed by atoms with Crippen molar-refractivity contribution < 1.29 is 38.3 Å². The summed E-state index contributed by atoms with van der Waals surface area (Å²) < 4.78 is 16.7. The second kappa shape index (κ2) is 19.3. The molecule has 60 heavy (non-hydrogen) atoms. The first-order valence-electron chi connectivity index (χ1n) is 20.7. The van der Waals surface area contributed by atoms with Gasteiger partial charge in [-0.25, -0.2) is 19.2 Å². The van der Waals surface area contributed by atoms with Crippen LogP contribution >= 0.6 is 11.3 Å². The van der Waals surface area contributed by atoms with Crippen molar-refractivity contribution in [3.8, 4) is 11.3 Å². The zero-order valence-corrected chi connectivity index (χ0v) is 34.5. The minimum Gasteiger partial charge on any atom is -0.465 e. The molecule has 3 fully saturated rings. The van der Waals surface area contributed by atoms with E-state index in [1.54, 1.807) is 16.3 Å². The maximum Gasteiger partial charge on any atom is 0.408 e. The van der Waals surface area contributed by atoms with Crippen molar-refractivity contribution in [1.82, 2.24) is 50.8 Å². The number of anilines is 1. The molecule has 6 N–H and O–H groups in total. The third kappa shape index (κ3) is 10.4. The van der Waals surface area contributed by atoms with Crippen molar-refractivity contribution in [1.29, 1.82) is 0 Å². The minimum absolute atomic E-state index is 0.0329. The van der Waals surface area contributed by atoms with Crippen LogP contribution in [0.1, 0.15) is 97.1 Å². The summed E-state index contributed by atoms with van der Waals surface area (Å²) in [4.78, 5) is 86.4. The Morgan fingerprint density at radius 3 is 2.52 bits per heavy atom. The molecule has 322 valence electrons. The van der Waals surface area contributed by atoms with Crippen LogP contribution in [-0.4, -0.2) is 115 Å². The third-order valence-corrected chi connectivity index (χ3v) is 12.8. The highest BCUT2D eigenvalue weighted by Gasteiger charge is 2.40. The molecule has 6 amide bonds. The van der Waals surface area contributed by atoms with E-state index in [2.05, 4.69) is 41.7 Å². The van der Waals surface area contributed by atoms with E-state index in [9.17, 15) is 38.3 Å². The molecule has 3 aromatic rings. The Morgan fingerprint density at radius 1 is 0.983 bits per heavy atom. The van der Waals surface area contributed by atoms with Gasteiger partial charge in [0, 0.05) is 60.2 Å². The van der Waals surface area contributed by atoms with E-state index >= 15 is 0 Å². The van der Waals surface area contributed by atoms with E-state index in [0.29, 0.717) is 74.6 Å². The highest BCUT2D eigenvalue weighted by Crippen LogP contribution is 2.36. The topological polar surface area (TPSA) is 233 Å². The fraction of sp³-hybridized carbons (Fsp3) is 0.575. The van der Waals surface area contributed by atoms with Gasteiger partial charge in [-0.2, -0.15) is 5.10 Å². The Bertz CT molecular complexity index is 2100. The zero-order valence-electron chi connectivity index (χ0n) is 33.6. The van der Waals surface area contributed by atoms with Crippen LogP contribution in [0.5, 0.6) is 0 Å². The molecular formula is C40H52FN11O7S. The van der Waals surface area contributed by atoms with Crippen LogP contribution in [0.25, 0.3) is 11.3 Å². The Balaban J connectivity index is 0.751. The number of thiophene rings is 1.